The maximum atomic E-state index is 12.0. The van der Waals surface area contributed by atoms with Crippen LogP contribution in [-0.4, -0.2) is 44.1 Å². The van der Waals surface area contributed by atoms with Gasteiger partial charge in [0.1, 0.15) is 12.4 Å². The molecule has 0 aliphatic carbocycles. The molecule has 1 atom stereocenters. The van der Waals surface area contributed by atoms with Crippen LogP contribution in [0.15, 0.2) is 24.3 Å². The molecule has 1 N–H and O–H groups in total. The molecule has 5 heteroatoms. The Kier molecular flexibility index (Phi) is 5.68. The summed E-state index contributed by atoms with van der Waals surface area (Å²) < 4.78 is 5.59. The first-order valence-electron chi connectivity index (χ1n) is 6.98. The summed E-state index contributed by atoms with van der Waals surface area (Å²) in [5.41, 5.74) is 0. The molecule has 1 aromatic rings. The van der Waals surface area contributed by atoms with Crippen molar-refractivity contribution in [1.82, 2.24) is 10.2 Å². The summed E-state index contributed by atoms with van der Waals surface area (Å²) in [5.74, 6) is 1.45. The molecule has 1 amide bonds. The monoisotopic (exact) mass is 296 g/mol. The van der Waals surface area contributed by atoms with Gasteiger partial charge in [-0.25, -0.2) is 0 Å². The first-order chi connectivity index (χ1) is 9.65. The first-order valence-corrected chi connectivity index (χ1v) is 7.36. The molecule has 0 bridgehead atoms. The minimum absolute atomic E-state index is 0.193. The van der Waals surface area contributed by atoms with Gasteiger partial charge in [-0.1, -0.05) is 11.6 Å². The molecule has 4 nitrogen and oxygen atoms in total. The zero-order valence-electron chi connectivity index (χ0n) is 11.8. The van der Waals surface area contributed by atoms with E-state index < -0.39 is 0 Å². The van der Waals surface area contributed by atoms with Gasteiger partial charge in [0.25, 0.3) is 0 Å². The maximum Gasteiger partial charge on any atom is 0.222 e. The van der Waals surface area contributed by atoms with Crippen LogP contribution in [-0.2, 0) is 4.79 Å². The molecule has 20 heavy (non-hydrogen) atoms. The van der Waals surface area contributed by atoms with Crippen molar-refractivity contribution in [3.8, 4) is 5.75 Å². The normalized spacial score (nSPS) is 18.0. The lowest BCUT2D eigenvalue weighted by atomic mass is 10.0. The predicted octanol–water partition coefficient (Wildman–Crippen LogP) is 2.18. The SMILES string of the molecule is CN(CCOc1ccc(Cl)cc1)C(=O)CC1CCNC1. The number of hydrogen-bond acceptors (Lipinski definition) is 3. The van der Waals surface area contributed by atoms with Gasteiger partial charge in [-0.2, -0.15) is 0 Å². The Morgan fingerprint density at radius 2 is 2.20 bits per heavy atom. The summed E-state index contributed by atoms with van der Waals surface area (Å²) >= 11 is 5.81. The number of ether oxygens (including phenoxy) is 1. The third kappa shape index (κ3) is 4.69. The first kappa shape index (κ1) is 15.1. The van der Waals surface area contributed by atoms with Crippen molar-refractivity contribution in [3.63, 3.8) is 0 Å². The molecule has 1 unspecified atom stereocenters. The third-order valence-electron chi connectivity index (χ3n) is 3.56. The van der Waals surface area contributed by atoms with Crippen LogP contribution in [0, 0.1) is 5.92 Å². The fourth-order valence-electron chi connectivity index (χ4n) is 2.25. The van der Waals surface area contributed by atoms with E-state index in [1.807, 2.05) is 19.2 Å². The van der Waals surface area contributed by atoms with E-state index in [9.17, 15) is 4.79 Å². The third-order valence-corrected chi connectivity index (χ3v) is 3.81. The number of benzene rings is 1. The molecule has 1 fully saturated rings. The van der Waals surface area contributed by atoms with Gasteiger partial charge in [0.2, 0.25) is 5.91 Å². The van der Waals surface area contributed by atoms with Crippen LogP contribution in [0.5, 0.6) is 5.75 Å². The number of nitrogens with one attached hydrogen (secondary N) is 1. The Labute approximate surface area is 125 Å². The fraction of sp³-hybridized carbons (Fsp3) is 0.533. The highest BCUT2D eigenvalue weighted by Gasteiger charge is 2.19. The molecule has 1 aromatic carbocycles. The summed E-state index contributed by atoms with van der Waals surface area (Å²) in [6, 6.07) is 7.24. The van der Waals surface area contributed by atoms with E-state index in [0.29, 0.717) is 30.5 Å². The largest absolute Gasteiger partial charge is 0.492 e. The Morgan fingerprint density at radius 3 is 2.85 bits per heavy atom. The summed E-state index contributed by atoms with van der Waals surface area (Å²) in [6.45, 7) is 3.08. The standard InChI is InChI=1S/C15H21ClN2O2/c1-18(15(19)10-12-6-7-17-11-12)8-9-20-14-4-2-13(16)3-5-14/h2-5,12,17H,6-11H2,1H3. The summed E-state index contributed by atoms with van der Waals surface area (Å²) in [7, 11) is 1.83. The molecule has 1 aliphatic rings. The second-order valence-corrected chi connectivity index (χ2v) is 5.62. The Bertz CT molecular complexity index is 430. The molecule has 1 aliphatic heterocycles. The minimum atomic E-state index is 0.193. The number of likely N-dealkylation sites (N-methyl/N-ethyl adjacent to an activating group) is 1. The van der Waals surface area contributed by atoms with Gasteiger partial charge >= 0.3 is 0 Å². The minimum Gasteiger partial charge on any atom is -0.492 e. The van der Waals surface area contributed by atoms with E-state index in [1.54, 1.807) is 17.0 Å². The fourth-order valence-corrected chi connectivity index (χ4v) is 2.37. The van der Waals surface area contributed by atoms with Crippen LogP contribution >= 0.6 is 11.6 Å². The topological polar surface area (TPSA) is 41.6 Å². The molecule has 0 radical (unpaired) electrons. The number of halogens is 1. The van der Waals surface area contributed by atoms with Gasteiger partial charge in [0.05, 0.1) is 6.54 Å². The molecule has 2 rings (SSSR count). The van der Waals surface area contributed by atoms with Crippen molar-refractivity contribution in [3.05, 3.63) is 29.3 Å². The Hall–Kier alpha value is -1.26. The highest BCUT2D eigenvalue weighted by molar-refractivity contribution is 6.30. The number of rotatable bonds is 6. The van der Waals surface area contributed by atoms with E-state index in [0.717, 1.165) is 25.3 Å². The smallest absolute Gasteiger partial charge is 0.222 e. The lowest BCUT2D eigenvalue weighted by molar-refractivity contribution is -0.131. The van der Waals surface area contributed by atoms with Crippen molar-refractivity contribution < 1.29 is 9.53 Å². The van der Waals surface area contributed by atoms with Crippen LogP contribution < -0.4 is 10.1 Å². The van der Waals surface area contributed by atoms with Gasteiger partial charge in [-0.15, -0.1) is 0 Å². The van der Waals surface area contributed by atoms with E-state index in [2.05, 4.69) is 5.32 Å². The average Bonchev–Trinajstić information content (AvgIpc) is 2.93. The highest BCUT2D eigenvalue weighted by atomic mass is 35.5. The van der Waals surface area contributed by atoms with Gasteiger partial charge < -0.3 is 15.0 Å². The lowest BCUT2D eigenvalue weighted by Gasteiger charge is -2.19. The molecule has 0 saturated carbocycles. The number of amides is 1. The van der Waals surface area contributed by atoms with Crippen LogP contribution in [0.1, 0.15) is 12.8 Å². The van der Waals surface area contributed by atoms with Crippen molar-refractivity contribution in [2.24, 2.45) is 5.92 Å². The predicted molar refractivity (Wildman–Crippen MR) is 80.2 cm³/mol. The van der Waals surface area contributed by atoms with Crippen LogP contribution in [0.3, 0.4) is 0 Å². The molecule has 110 valence electrons. The second kappa shape index (κ2) is 7.50. The Balaban J connectivity index is 1.67. The summed E-state index contributed by atoms with van der Waals surface area (Å²) in [5, 5.41) is 3.97. The second-order valence-electron chi connectivity index (χ2n) is 5.18. The Morgan fingerprint density at radius 1 is 1.45 bits per heavy atom. The van der Waals surface area contributed by atoms with Gasteiger partial charge in [-0.05, 0) is 49.7 Å². The highest BCUT2D eigenvalue weighted by Crippen LogP contribution is 2.16. The number of carbonyl (C=O) groups is 1. The molecule has 0 aromatic heterocycles. The van der Waals surface area contributed by atoms with Gasteiger partial charge in [-0.3, -0.25) is 4.79 Å². The van der Waals surface area contributed by atoms with Crippen molar-refractivity contribution in [1.29, 1.82) is 0 Å². The van der Waals surface area contributed by atoms with E-state index >= 15 is 0 Å². The summed E-state index contributed by atoms with van der Waals surface area (Å²) in [6.07, 6.45) is 1.73. The number of nitrogens with zero attached hydrogens (tertiary/aromatic N) is 1. The maximum absolute atomic E-state index is 12.0. The molecule has 1 heterocycles. The van der Waals surface area contributed by atoms with E-state index in [1.165, 1.54) is 0 Å². The molecule has 0 spiro atoms. The van der Waals surface area contributed by atoms with Gasteiger partial charge in [0, 0.05) is 18.5 Å². The zero-order valence-corrected chi connectivity index (χ0v) is 12.5. The molecule has 1 saturated heterocycles. The van der Waals surface area contributed by atoms with Crippen molar-refractivity contribution in [2.45, 2.75) is 12.8 Å². The van der Waals surface area contributed by atoms with Gasteiger partial charge in [0.15, 0.2) is 0 Å². The van der Waals surface area contributed by atoms with Crippen LogP contribution in [0.2, 0.25) is 5.02 Å². The number of hydrogen-bond donors (Lipinski definition) is 1. The van der Waals surface area contributed by atoms with Crippen molar-refractivity contribution >= 4 is 17.5 Å². The van der Waals surface area contributed by atoms with E-state index in [4.69, 9.17) is 16.3 Å². The summed E-state index contributed by atoms with van der Waals surface area (Å²) in [4.78, 5) is 13.8. The average molecular weight is 297 g/mol. The van der Waals surface area contributed by atoms with Crippen molar-refractivity contribution in [2.75, 3.05) is 33.3 Å². The van der Waals surface area contributed by atoms with E-state index in [-0.39, 0.29) is 5.91 Å². The van der Waals surface area contributed by atoms with Crippen LogP contribution in [0.4, 0.5) is 0 Å². The van der Waals surface area contributed by atoms with Crippen LogP contribution in [0.25, 0.3) is 0 Å². The lowest BCUT2D eigenvalue weighted by Crippen LogP contribution is -2.32. The number of carbonyl (C=O) groups excluding carboxylic acids is 1. The molecular weight excluding hydrogens is 276 g/mol. The molecular formula is C15H21ClN2O2. The quantitative estimate of drug-likeness (QED) is 0.875. The zero-order chi connectivity index (χ0) is 14.4.